The minimum Gasteiger partial charge on any atom is -0.491 e. The van der Waals surface area contributed by atoms with E-state index in [1.165, 1.54) is 0 Å². The van der Waals surface area contributed by atoms with E-state index in [-0.39, 0.29) is 12.0 Å². The summed E-state index contributed by atoms with van der Waals surface area (Å²) in [4.78, 5) is 12.5. The predicted molar refractivity (Wildman–Crippen MR) is 102 cm³/mol. The molecule has 1 aromatic carbocycles. The van der Waals surface area contributed by atoms with E-state index in [9.17, 15) is 4.79 Å². The fraction of sp³-hybridized carbons (Fsp3) is 0.500. The Labute approximate surface area is 159 Å². The Balaban J connectivity index is 1.34. The van der Waals surface area contributed by atoms with Crippen LogP contribution < -0.4 is 15.4 Å². The van der Waals surface area contributed by atoms with E-state index in [0.29, 0.717) is 24.0 Å². The monoisotopic (exact) mass is 370 g/mol. The SMILES string of the molecule is O=C(Nc1cccc(OCC2CCCO2)c1)c1ccn(C2CCCNC2)n1. The van der Waals surface area contributed by atoms with Gasteiger partial charge in [0.15, 0.2) is 5.69 Å². The molecule has 0 bridgehead atoms. The van der Waals surface area contributed by atoms with Crippen LogP contribution in [0.25, 0.3) is 0 Å². The lowest BCUT2D eigenvalue weighted by Crippen LogP contribution is -2.32. The van der Waals surface area contributed by atoms with Crippen molar-refractivity contribution in [2.45, 2.75) is 37.8 Å². The van der Waals surface area contributed by atoms with Crippen LogP contribution >= 0.6 is 0 Å². The molecule has 0 aliphatic carbocycles. The lowest BCUT2D eigenvalue weighted by atomic mass is 10.1. The van der Waals surface area contributed by atoms with Crippen LogP contribution in [0.3, 0.4) is 0 Å². The van der Waals surface area contributed by atoms with Crippen molar-refractivity contribution >= 4 is 11.6 Å². The molecular formula is C20H26N4O3. The summed E-state index contributed by atoms with van der Waals surface area (Å²) in [5.41, 5.74) is 1.12. The Morgan fingerprint density at radius 2 is 2.30 bits per heavy atom. The van der Waals surface area contributed by atoms with Gasteiger partial charge in [-0.3, -0.25) is 9.48 Å². The zero-order chi connectivity index (χ0) is 18.5. The maximum atomic E-state index is 12.5. The van der Waals surface area contributed by atoms with Crippen LogP contribution in [0.5, 0.6) is 5.75 Å². The van der Waals surface area contributed by atoms with Gasteiger partial charge in [-0.25, -0.2) is 0 Å². The van der Waals surface area contributed by atoms with Gasteiger partial charge in [-0.05, 0) is 50.4 Å². The Kier molecular flexibility index (Phi) is 5.69. The van der Waals surface area contributed by atoms with Crippen molar-refractivity contribution in [2.24, 2.45) is 0 Å². The van der Waals surface area contributed by atoms with Crippen molar-refractivity contribution in [3.8, 4) is 5.75 Å². The van der Waals surface area contributed by atoms with Gasteiger partial charge in [0, 0.05) is 31.1 Å². The number of ether oxygens (including phenoxy) is 2. The molecule has 7 heteroatoms. The first-order valence-corrected chi connectivity index (χ1v) is 9.69. The summed E-state index contributed by atoms with van der Waals surface area (Å²) in [5, 5.41) is 10.7. The summed E-state index contributed by atoms with van der Waals surface area (Å²) in [6.07, 6.45) is 6.39. The highest BCUT2D eigenvalue weighted by atomic mass is 16.5. The number of hydrogen-bond acceptors (Lipinski definition) is 5. The van der Waals surface area contributed by atoms with E-state index in [4.69, 9.17) is 9.47 Å². The van der Waals surface area contributed by atoms with E-state index < -0.39 is 0 Å². The third-order valence-electron chi connectivity index (χ3n) is 5.04. The molecule has 0 spiro atoms. The molecule has 7 nitrogen and oxygen atoms in total. The van der Waals surface area contributed by atoms with Crippen LogP contribution in [0.1, 0.15) is 42.2 Å². The molecule has 1 amide bonds. The molecule has 2 saturated heterocycles. The van der Waals surface area contributed by atoms with Gasteiger partial charge in [0.2, 0.25) is 0 Å². The van der Waals surface area contributed by atoms with Gasteiger partial charge < -0.3 is 20.1 Å². The number of nitrogens with zero attached hydrogens (tertiary/aromatic N) is 2. The van der Waals surface area contributed by atoms with E-state index in [2.05, 4.69) is 15.7 Å². The number of nitrogens with one attached hydrogen (secondary N) is 2. The van der Waals surface area contributed by atoms with E-state index in [1.54, 1.807) is 6.07 Å². The Morgan fingerprint density at radius 3 is 3.11 bits per heavy atom. The predicted octanol–water partition coefficient (Wildman–Crippen LogP) is 2.62. The number of benzene rings is 1. The second kappa shape index (κ2) is 8.54. The van der Waals surface area contributed by atoms with Crippen LogP contribution in [-0.2, 0) is 4.74 Å². The van der Waals surface area contributed by atoms with Crippen molar-refractivity contribution in [3.05, 3.63) is 42.2 Å². The van der Waals surface area contributed by atoms with Gasteiger partial charge in [0.25, 0.3) is 5.91 Å². The van der Waals surface area contributed by atoms with Gasteiger partial charge in [-0.2, -0.15) is 5.10 Å². The average Bonchev–Trinajstić information content (AvgIpc) is 3.39. The van der Waals surface area contributed by atoms with Gasteiger partial charge in [0.05, 0.1) is 12.1 Å². The van der Waals surface area contributed by atoms with E-state index in [1.807, 2.05) is 35.1 Å². The van der Waals surface area contributed by atoms with Crippen molar-refractivity contribution in [2.75, 3.05) is 31.6 Å². The third-order valence-corrected chi connectivity index (χ3v) is 5.04. The van der Waals surface area contributed by atoms with Crippen LogP contribution in [0.4, 0.5) is 5.69 Å². The Morgan fingerprint density at radius 1 is 1.33 bits per heavy atom. The maximum Gasteiger partial charge on any atom is 0.276 e. The standard InChI is InChI=1S/C20H26N4O3/c25-20(19-8-10-24(23-19)16-5-2-9-21-13-16)22-15-4-1-6-17(12-15)27-14-18-7-3-11-26-18/h1,4,6,8,10,12,16,18,21H,2-3,5,7,9,11,13-14H2,(H,22,25). The number of piperidine rings is 1. The highest BCUT2D eigenvalue weighted by molar-refractivity contribution is 6.02. The van der Waals surface area contributed by atoms with Crippen molar-refractivity contribution in [3.63, 3.8) is 0 Å². The lowest BCUT2D eigenvalue weighted by molar-refractivity contribution is 0.0680. The first-order chi connectivity index (χ1) is 13.3. The van der Waals surface area contributed by atoms with Crippen molar-refractivity contribution in [1.82, 2.24) is 15.1 Å². The molecule has 1 aromatic heterocycles. The summed E-state index contributed by atoms with van der Waals surface area (Å²) >= 11 is 0. The molecule has 4 rings (SSSR count). The molecule has 2 atom stereocenters. The van der Waals surface area contributed by atoms with Crippen molar-refractivity contribution in [1.29, 1.82) is 0 Å². The molecule has 0 radical (unpaired) electrons. The number of anilines is 1. The average molecular weight is 370 g/mol. The zero-order valence-electron chi connectivity index (χ0n) is 15.4. The second-order valence-corrected chi connectivity index (χ2v) is 7.11. The number of rotatable bonds is 6. The molecule has 144 valence electrons. The topological polar surface area (TPSA) is 77.4 Å². The minimum absolute atomic E-state index is 0.168. The van der Waals surface area contributed by atoms with Crippen molar-refractivity contribution < 1.29 is 14.3 Å². The number of carbonyl (C=O) groups excluding carboxylic acids is 1. The highest BCUT2D eigenvalue weighted by Gasteiger charge is 2.18. The lowest BCUT2D eigenvalue weighted by Gasteiger charge is -2.22. The zero-order valence-corrected chi connectivity index (χ0v) is 15.4. The van der Waals surface area contributed by atoms with Gasteiger partial charge >= 0.3 is 0 Å². The third kappa shape index (κ3) is 4.67. The van der Waals surface area contributed by atoms with Crippen LogP contribution in [-0.4, -0.2) is 48.1 Å². The molecular weight excluding hydrogens is 344 g/mol. The summed E-state index contributed by atoms with van der Waals surface area (Å²) in [6, 6.07) is 9.51. The van der Waals surface area contributed by atoms with E-state index in [0.717, 1.165) is 51.1 Å². The molecule has 2 fully saturated rings. The maximum absolute atomic E-state index is 12.5. The minimum atomic E-state index is -0.214. The van der Waals surface area contributed by atoms with Gasteiger partial charge in [-0.15, -0.1) is 0 Å². The highest BCUT2D eigenvalue weighted by Crippen LogP contribution is 2.21. The van der Waals surface area contributed by atoms with E-state index >= 15 is 0 Å². The molecule has 0 saturated carbocycles. The first kappa shape index (κ1) is 18.0. The fourth-order valence-corrected chi connectivity index (χ4v) is 3.55. The quantitative estimate of drug-likeness (QED) is 0.817. The first-order valence-electron chi connectivity index (χ1n) is 9.69. The number of carbonyl (C=O) groups is 1. The van der Waals surface area contributed by atoms with Crippen LogP contribution in [0.2, 0.25) is 0 Å². The number of amides is 1. The molecule has 27 heavy (non-hydrogen) atoms. The smallest absolute Gasteiger partial charge is 0.276 e. The summed E-state index contributed by atoms with van der Waals surface area (Å²) in [6.45, 7) is 3.30. The Bertz CT molecular complexity index is 764. The molecule has 2 unspecified atom stereocenters. The number of aromatic nitrogens is 2. The molecule has 2 aliphatic rings. The summed E-state index contributed by atoms with van der Waals surface area (Å²) in [7, 11) is 0. The van der Waals surface area contributed by atoms with Gasteiger partial charge in [0.1, 0.15) is 12.4 Å². The number of hydrogen-bond donors (Lipinski definition) is 2. The molecule has 2 aliphatic heterocycles. The molecule has 3 heterocycles. The summed E-state index contributed by atoms with van der Waals surface area (Å²) < 4.78 is 13.3. The Hall–Kier alpha value is -2.38. The summed E-state index contributed by atoms with van der Waals surface area (Å²) in [5.74, 6) is 0.510. The van der Waals surface area contributed by atoms with Crippen LogP contribution in [0, 0.1) is 0 Å². The van der Waals surface area contributed by atoms with Crippen LogP contribution in [0.15, 0.2) is 36.5 Å². The van der Waals surface area contributed by atoms with Gasteiger partial charge in [-0.1, -0.05) is 6.07 Å². The molecule has 2 aromatic rings. The normalized spacial score (nSPS) is 22.5. The fourth-order valence-electron chi connectivity index (χ4n) is 3.55. The second-order valence-electron chi connectivity index (χ2n) is 7.11. The largest absolute Gasteiger partial charge is 0.491 e. The molecule has 2 N–H and O–H groups in total.